The normalized spacial score (nSPS) is 11.6. The lowest BCUT2D eigenvalue weighted by Gasteiger charge is -2.19. The van der Waals surface area contributed by atoms with Gasteiger partial charge >= 0.3 is 5.97 Å². The number of halogens is 2. The molecule has 31 heavy (non-hydrogen) atoms. The molecular formula is C23H20Cl2N2O4. The average Bonchev–Trinajstić information content (AvgIpc) is 2.74. The number of pyridine rings is 1. The topological polar surface area (TPSA) is 88.5 Å². The summed E-state index contributed by atoms with van der Waals surface area (Å²) >= 11 is 12.7. The summed E-state index contributed by atoms with van der Waals surface area (Å²) in [6.45, 7) is 1.87. The van der Waals surface area contributed by atoms with Crippen molar-refractivity contribution in [1.82, 2.24) is 10.3 Å². The average molecular weight is 459 g/mol. The SMILES string of the molecule is COc1ccc(C(=O)N[C@@H](CC(=O)O)c2ccccc2Cl)nc1-c1cccc(C)c1Cl. The lowest BCUT2D eigenvalue weighted by atomic mass is 10.0. The van der Waals surface area contributed by atoms with Crippen molar-refractivity contribution in [2.75, 3.05) is 7.11 Å². The first-order chi connectivity index (χ1) is 14.8. The lowest BCUT2D eigenvalue weighted by molar-refractivity contribution is -0.137. The summed E-state index contributed by atoms with van der Waals surface area (Å²) in [4.78, 5) is 28.8. The molecule has 0 unspecified atom stereocenters. The number of aryl methyl sites for hydroxylation is 1. The number of carboxylic acids is 1. The van der Waals surface area contributed by atoms with Crippen LogP contribution in [0.25, 0.3) is 11.3 Å². The lowest BCUT2D eigenvalue weighted by Crippen LogP contribution is -2.31. The van der Waals surface area contributed by atoms with Crippen LogP contribution in [-0.2, 0) is 4.79 Å². The Morgan fingerprint density at radius 2 is 1.84 bits per heavy atom. The van der Waals surface area contributed by atoms with Crippen LogP contribution in [0.2, 0.25) is 10.0 Å². The van der Waals surface area contributed by atoms with Gasteiger partial charge in [0.15, 0.2) is 0 Å². The van der Waals surface area contributed by atoms with Crippen molar-refractivity contribution in [3.63, 3.8) is 0 Å². The Bertz CT molecular complexity index is 1130. The Morgan fingerprint density at radius 3 is 2.52 bits per heavy atom. The largest absolute Gasteiger partial charge is 0.494 e. The van der Waals surface area contributed by atoms with E-state index in [1.54, 1.807) is 36.4 Å². The molecule has 8 heteroatoms. The van der Waals surface area contributed by atoms with E-state index in [2.05, 4.69) is 10.3 Å². The zero-order valence-electron chi connectivity index (χ0n) is 16.9. The van der Waals surface area contributed by atoms with E-state index < -0.39 is 17.9 Å². The number of methoxy groups -OCH3 is 1. The van der Waals surface area contributed by atoms with Crippen molar-refractivity contribution in [3.05, 3.63) is 81.5 Å². The highest BCUT2D eigenvalue weighted by molar-refractivity contribution is 6.34. The number of benzene rings is 2. The molecule has 3 aromatic rings. The van der Waals surface area contributed by atoms with Gasteiger partial charge < -0.3 is 15.2 Å². The van der Waals surface area contributed by atoms with Crippen molar-refractivity contribution in [2.24, 2.45) is 0 Å². The van der Waals surface area contributed by atoms with Gasteiger partial charge in [0.2, 0.25) is 0 Å². The van der Waals surface area contributed by atoms with Gasteiger partial charge in [0, 0.05) is 10.6 Å². The minimum absolute atomic E-state index is 0.0933. The second-order valence-electron chi connectivity index (χ2n) is 6.83. The molecule has 1 amide bonds. The van der Waals surface area contributed by atoms with Crippen LogP contribution in [0.5, 0.6) is 5.75 Å². The van der Waals surface area contributed by atoms with E-state index in [-0.39, 0.29) is 12.1 Å². The number of nitrogens with one attached hydrogen (secondary N) is 1. The number of nitrogens with zero attached hydrogens (tertiary/aromatic N) is 1. The maximum absolute atomic E-state index is 13.0. The first kappa shape index (κ1) is 22.6. The van der Waals surface area contributed by atoms with Crippen LogP contribution in [0.1, 0.15) is 34.1 Å². The number of aliphatic carboxylic acids is 1. The molecule has 160 valence electrons. The number of amides is 1. The molecule has 2 N–H and O–H groups in total. The maximum atomic E-state index is 13.0. The van der Waals surface area contributed by atoms with Crippen LogP contribution in [0.3, 0.4) is 0 Å². The molecule has 2 aromatic carbocycles. The molecule has 0 aliphatic carbocycles. The van der Waals surface area contributed by atoms with Crippen molar-refractivity contribution in [3.8, 4) is 17.0 Å². The Labute approximate surface area is 189 Å². The number of carbonyl (C=O) groups is 2. The summed E-state index contributed by atoms with van der Waals surface area (Å²) in [7, 11) is 1.50. The Morgan fingerprint density at radius 1 is 1.10 bits per heavy atom. The third-order valence-corrected chi connectivity index (χ3v) is 5.57. The highest BCUT2D eigenvalue weighted by atomic mass is 35.5. The van der Waals surface area contributed by atoms with E-state index in [1.807, 2.05) is 19.1 Å². The number of hydrogen-bond donors (Lipinski definition) is 2. The Kier molecular flexibility index (Phi) is 7.15. The number of aromatic nitrogens is 1. The summed E-state index contributed by atoms with van der Waals surface area (Å²) < 4.78 is 5.40. The first-order valence-electron chi connectivity index (χ1n) is 9.39. The van der Waals surface area contributed by atoms with Gasteiger partial charge in [-0.15, -0.1) is 0 Å². The molecule has 3 rings (SSSR count). The Hall–Kier alpha value is -3.09. The van der Waals surface area contributed by atoms with E-state index in [0.29, 0.717) is 32.6 Å². The van der Waals surface area contributed by atoms with Crippen molar-refractivity contribution >= 4 is 35.1 Å². The summed E-state index contributed by atoms with van der Waals surface area (Å²) in [5.41, 5.74) is 2.50. The van der Waals surface area contributed by atoms with E-state index in [9.17, 15) is 14.7 Å². The number of ether oxygens (including phenoxy) is 1. The van der Waals surface area contributed by atoms with Crippen LogP contribution < -0.4 is 10.1 Å². The standard InChI is InChI=1S/C23H20Cl2N2O4/c1-13-6-5-8-15(21(13)25)22-19(31-2)11-10-17(26-22)23(30)27-18(12-20(28)29)14-7-3-4-9-16(14)24/h3-11,18H,12H2,1-2H3,(H,27,30)(H,28,29)/t18-/m0/s1. The molecule has 1 atom stereocenters. The molecule has 1 heterocycles. The van der Waals surface area contributed by atoms with Gasteiger partial charge in [-0.3, -0.25) is 9.59 Å². The summed E-state index contributed by atoms with van der Waals surface area (Å²) in [6.07, 6.45) is -0.331. The van der Waals surface area contributed by atoms with Crippen LogP contribution in [0, 0.1) is 6.92 Å². The molecule has 0 saturated carbocycles. The summed E-state index contributed by atoms with van der Waals surface area (Å²) in [5.74, 6) is -1.16. The zero-order valence-corrected chi connectivity index (χ0v) is 18.4. The third kappa shape index (κ3) is 5.16. The van der Waals surface area contributed by atoms with E-state index in [1.165, 1.54) is 13.2 Å². The molecule has 0 radical (unpaired) electrons. The first-order valence-corrected chi connectivity index (χ1v) is 10.1. The van der Waals surface area contributed by atoms with E-state index >= 15 is 0 Å². The highest BCUT2D eigenvalue weighted by Gasteiger charge is 2.23. The van der Waals surface area contributed by atoms with Gasteiger partial charge in [0.25, 0.3) is 5.91 Å². The van der Waals surface area contributed by atoms with Crippen molar-refractivity contribution in [2.45, 2.75) is 19.4 Å². The Balaban J connectivity index is 1.98. The smallest absolute Gasteiger partial charge is 0.305 e. The molecule has 0 saturated heterocycles. The molecular weight excluding hydrogens is 439 g/mol. The fourth-order valence-corrected chi connectivity index (χ4v) is 3.65. The van der Waals surface area contributed by atoms with Gasteiger partial charge in [-0.2, -0.15) is 0 Å². The molecule has 0 fully saturated rings. The van der Waals surface area contributed by atoms with E-state index in [4.69, 9.17) is 27.9 Å². The summed E-state index contributed by atoms with van der Waals surface area (Å²) in [5, 5.41) is 12.9. The van der Waals surface area contributed by atoms with Crippen LogP contribution in [-0.4, -0.2) is 29.1 Å². The van der Waals surface area contributed by atoms with Gasteiger partial charge in [-0.1, -0.05) is 59.6 Å². The van der Waals surface area contributed by atoms with Crippen LogP contribution >= 0.6 is 23.2 Å². The second kappa shape index (κ2) is 9.81. The second-order valence-corrected chi connectivity index (χ2v) is 7.61. The van der Waals surface area contributed by atoms with Gasteiger partial charge in [0.1, 0.15) is 17.1 Å². The van der Waals surface area contributed by atoms with Crippen molar-refractivity contribution < 1.29 is 19.4 Å². The van der Waals surface area contributed by atoms with Gasteiger partial charge in [-0.05, 0) is 36.2 Å². The fraction of sp³-hybridized carbons (Fsp3) is 0.174. The molecule has 1 aromatic heterocycles. The van der Waals surface area contributed by atoms with Crippen LogP contribution in [0.4, 0.5) is 0 Å². The molecule has 0 bridgehead atoms. The third-order valence-electron chi connectivity index (χ3n) is 4.72. The molecule has 0 aliphatic heterocycles. The molecule has 0 spiro atoms. The number of carboxylic acid groups (broad SMARTS) is 1. The maximum Gasteiger partial charge on any atom is 0.305 e. The minimum atomic E-state index is -1.07. The van der Waals surface area contributed by atoms with Gasteiger partial charge in [0.05, 0.1) is 24.6 Å². The predicted molar refractivity (Wildman–Crippen MR) is 120 cm³/mol. The monoisotopic (exact) mass is 458 g/mol. The number of carbonyl (C=O) groups excluding carboxylic acids is 1. The minimum Gasteiger partial charge on any atom is -0.494 e. The summed E-state index contributed by atoms with van der Waals surface area (Å²) in [6, 6.07) is 14.6. The highest BCUT2D eigenvalue weighted by Crippen LogP contribution is 2.35. The fourth-order valence-electron chi connectivity index (χ4n) is 3.16. The zero-order chi connectivity index (χ0) is 22.5. The van der Waals surface area contributed by atoms with E-state index in [0.717, 1.165) is 5.56 Å². The molecule has 0 aliphatic rings. The van der Waals surface area contributed by atoms with Crippen molar-refractivity contribution in [1.29, 1.82) is 0 Å². The molecule has 6 nitrogen and oxygen atoms in total. The predicted octanol–water partition coefficient (Wildman–Crippen LogP) is 5.32. The number of rotatable bonds is 7. The number of hydrogen-bond acceptors (Lipinski definition) is 4. The van der Waals surface area contributed by atoms with Gasteiger partial charge in [-0.25, -0.2) is 4.98 Å². The quantitative estimate of drug-likeness (QED) is 0.500. The van der Waals surface area contributed by atoms with Crippen LogP contribution in [0.15, 0.2) is 54.6 Å².